The number of halogens is 1. The van der Waals surface area contributed by atoms with Crippen LogP contribution in [0, 0.1) is 6.92 Å². The van der Waals surface area contributed by atoms with Crippen molar-refractivity contribution in [1.29, 1.82) is 0 Å². The number of anilines is 1. The van der Waals surface area contributed by atoms with E-state index in [1.54, 1.807) is 36.4 Å². The molecule has 5 nitrogen and oxygen atoms in total. The molecule has 0 aliphatic carbocycles. The molecule has 0 unspecified atom stereocenters. The van der Waals surface area contributed by atoms with E-state index in [-0.39, 0.29) is 5.75 Å². The van der Waals surface area contributed by atoms with E-state index in [0.29, 0.717) is 16.3 Å². The van der Waals surface area contributed by atoms with Crippen molar-refractivity contribution in [2.45, 2.75) is 12.7 Å². The number of pyridine rings is 1. The fourth-order valence-electron chi connectivity index (χ4n) is 2.98. The predicted molar refractivity (Wildman–Crippen MR) is 113 cm³/mol. The van der Waals surface area contributed by atoms with Gasteiger partial charge in [-0.1, -0.05) is 35.9 Å². The summed E-state index contributed by atoms with van der Waals surface area (Å²) in [6.07, 6.45) is 3.88. The van der Waals surface area contributed by atoms with Crippen molar-refractivity contribution < 1.29 is 8.42 Å². The van der Waals surface area contributed by atoms with E-state index in [2.05, 4.69) is 9.71 Å². The Balaban J connectivity index is 1.58. The van der Waals surface area contributed by atoms with E-state index in [4.69, 9.17) is 11.6 Å². The fourth-order valence-corrected chi connectivity index (χ4v) is 4.30. The van der Waals surface area contributed by atoms with Gasteiger partial charge in [0.15, 0.2) is 0 Å². The number of imidazole rings is 1. The lowest BCUT2D eigenvalue weighted by Gasteiger charge is -2.09. The summed E-state index contributed by atoms with van der Waals surface area (Å²) >= 11 is 5.85. The van der Waals surface area contributed by atoms with Gasteiger partial charge in [-0.25, -0.2) is 13.4 Å². The zero-order chi connectivity index (χ0) is 19.7. The minimum absolute atomic E-state index is 0.123. The van der Waals surface area contributed by atoms with Gasteiger partial charge in [0.25, 0.3) is 0 Å². The summed E-state index contributed by atoms with van der Waals surface area (Å²) in [5, 5.41) is 0.574. The number of rotatable bonds is 5. The van der Waals surface area contributed by atoms with Crippen LogP contribution in [0.4, 0.5) is 5.69 Å². The third kappa shape index (κ3) is 4.18. The van der Waals surface area contributed by atoms with E-state index in [9.17, 15) is 8.42 Å². The smallest absolute Gasteiger partial charge is 0.236 e. The van der Waals surface area contributed by atoms with E-state index in [1.165, 1.54) is 0 Å². The summed E-state index contributed by atoms with van der Waals surface area (Å²) in [4.78, 5) is 4.63. The molecule has 2 aromatic carbocycles. The maximum Gasteiger partial charge on any atom is 0.236 e. The molecule has 0 fully saturated rings. The molecule has 0 bridgehead atoms. The maximum absolute atomic E-state index is 12.5. The fraction of sp³-hybridized carbons (Fsp3) is 0.0952. The topological polar surface area (TPSA) is 63.5 Å². The Morgan fingerprint density at radius 2 is 1.86 bits per heavy atom. The Hall–Kier alpha value is -2.83. The van der Waals surface area contributed by atoms with Crippen molar-refractivity contribution in [3.8, 4) is 11.3 Å². The summed E-state index contributed by atoms with van der Waals surface area (Å²) in [5.74, 6) is -0.123. The number of nitrogens with one attached hydrogen (secondary N) is 1. The van der Waals surface area contributed by atoms with Gasteiger partial charge in [0, 0.05) is 28.7 Å². The quantitative estimate of drug-likeness (QED) is 0.507. The first-order valence-electron chi connectivity index (χ1n) is 8.69. The van der Waals surface area contributed by atoms with Gasteiger partial charge in [-0.15, -0.1) is 0 Å². The molecular weight excluding hydrogens is 394 g/mol. The lowest BCUT2D eigenvalue weighted by atomic mass is 10.1. The van der Waals surface area contributed by atoms with Crippen molar-refractivity contribution in [3.05, 3.63) is 89.2 Å². The summed E-state index contributed by atoms with van der Waals surface area (Å²) in [5.41, 5.74) is 4.78. The number of hydrogen-bond acceptors (Lipinski definition) is 3. The average molecular weight is 412 g/mol. The van der Waals surface area contributed by atoms with Gasteiger partial charge < -0.3 is 4.40 Å². The van der Waals surface area contributed by atoms with Crippen LogP contribution in [0.2, 0.25) is 5.02 Å². The van der Waals surface area contributed by atoms with Crippen LogP contribution in [-0.2, 0) is 15.8 Å². The highest BCUT2D eigenvalue weighted by Crippen LogP contribution is 2.24. The molecule has 0 aliphatic heterocycles. The van der Waals surface area contributed by atoms with Crippen LogP contribution in [-0.4, -0.2) is 17.8 Å². The Bertz CT molecular complexity index is 1250. The minimum atomic E-state index is -3.55. The largest absolute Gasteiger partial charge is 0.306 e. The molecule has 1 N–H and O–H groups in total. The highest BCUT2D eigenvalue weighted by atomic mass is 35.5. The number of benzene rings is 2. The van der Waals surface area contributed by atoms with Gasteiger partial charge in [-0.3, -0.25) is 4.72 Å². The van der Waals surface area contributed by atoms with Crippen molar-refractivity contribution in [2.24, 2.45) is 0 Å². The molecule has 4 rings (SSSR count). The Labute approximate surface area is 168 Å². The van der Waals surface area contributed by atoms with Gasteiger partial charge in [0.05, 0.1) is 11.4 Å². The van der Waals surface area contributed by atoms with Crippen LogP contribution >= 0.6 is 11.6 Å². The standard InChI is InChI=1S/C21H18ClN3O2S/c1-15-9-10-25-13-20(23-21(25)11-15)17-3-2-4-19(12-17)24-28(26,27)14-16-5-7-18(22)8-6-16/h2-13,24H,14H2,1H3. The van der Waals surface area contributed by atoms with Crippen LogP contribution in [0.3, 0.4) is 0 Å². The number of aryl methyl sites for hydroxylation is 1. The molecule has 0 spiro atoms. The third-order valence-electron chi connectivity index (χ3n) is 4.32. The molecule has 0 atom stereocenters. The Kier molecular flexibility index (Phi) is 4.83. The summed E-state index contributed by atoms with van der Waals surface area (Å²) in [6.45, 7) is 2.02. The molecule has 7 heteroatoms. The Morgan fingerprint density at radius 3 is 2.64 bits per heavy atom. The second-order valence-electron chi connectivity index (χ2n) is 6.66. The summed E-state index contributed by atoms with van der Waals surface area (Å²) < 4.78 is 29.6. The van der Waals surface area contributed by atoms with Crippen molar-refractivity contribution in [1.82, 2.24) is 9.38 Å². The molecule has 0 amide bonds. The van der Waals surface area contributed by atoms with Gasteiger partial charge >= 0.3 is 0 Å². The van der Waals surface area contributed by atoms with Crippen LogP contribution < -0.4 is 4.72 Å². The predicted octanol–water partition coefficient (Wildman–Crippen LogP) is 4.91. The normalized spacial score (nSPS) is 11.6. The molecule has 0 aliphatic rings. The minimum Gasteiger partial charge on any atom is -0.306 e. The van der Waals surface area contributed by atoms with Gasteiger partial charge in [-0.2, -0.15) is 0 Å². The first kappa shape index (κ1) is 18.5. The lowest BCUT2D eigenvalue weighted by molar-refractivity contribution is 0.600. The summed E-state index contributed by atoms with van der Waals surface area (Å²) in [7, 11) is -3.55. The van der Waals surface area contributed by atoms with Crippen LogP contribution in [0.1, 0.15) is 11.1 Å². The van der Waals surface area contributed by atoms with Gasteiger partial charge in [-0.05, 0) is 54.4 Å². The molecule has 28 heavy (non-hydrogen) atoms. The van der Waals surface area contributed by atoms with E-state index in [1.807, 2.05) is 48.0 Å². The second-order valence-corrected chi connectivity index (χ2v) is 8.82. The van der Waals surface area contributed by atoms with E-state index in [0.717, 1.165) is 22.5 Å². The maximum atomic E-state index is 12.5. The summed E-state index contributed by atoms with van der Waals surface area (Å²) in [6, 6.07) is 18.0. The molecule has 4 aromatic rings. The highest BCUT2D eigenvalue weighted by Gasteiger charge is 2.13. The molecule has 0 saturated heterocycles. The SMILES string of the molecule is Cc1ccn2cc(-c3cccc(NS(=O)(=O)Cc4ccc(Cl)cc4)c3)nc2c1. The number of aromatic nitrogens is 2. The first-order valence-corrected chi connectivity index (χ1v) is 10.7. The molecule has 2 heterocycles. The van der Waals surface area contributed by atoms with Crippen LogP contribution in [0.25, 0.3) is 16.9 Å². The lowest BCUT2D eigenvalue weighted by Crippen LogP contribution is -2.15. The molecule has 142 valence electrons. The number of nitrogens with zero attached hydrogens (tertiary/aromatic N) is 2. The number of fused-ring (bicyclic) bond motifs is 1. The monoisotopic (exact) mass is 411 g/mol. The highest BCUT2D eigenvalue weighted by molar-refractivity contribution is 7.91. The second kappa shape index (κ2) is 7.30. The molecule has 0 saturated carbocycles. The molecular formula is C21H18ClN3O2S. The van der Waals surface area contributed by atoms with Crippen LogP contribution in [0.5, 0.6) is 0 Å². The Morgan fingerprint density at radius 1 is 1.07 bits per heavy atom. The number of sulfonamides is 1. The van der Waals surface area contributed by atoms with Gasteiger partial charge in [0.1, 0.15) is 5.65 Å². The number of hydrogen-bond donors (Lipinski definition) is 1. The zero-order valence-electron chi connectivity index (χ0n) is 15.1. The third-order valence-corrected chi connectivity index (χ3v) is 5.83. The average Bonchev–Trinajstić information content (AvgIpc) is 3.06. The van der Waals surface area contributed by atoms with Crippen LogP contribution in [0.15, 0.2) is 73.1 Å². The zero-order valence-corrected chi connectivity index (χ0v) is 16.7. The van der Waals surface area contributed by atoms with E-state index < -0.39 is 10.0 Å². The molecule has 0 radical (unpaired) electrons. The van der Waals surface area contributed by atoms with Crippen molar-refractivity contribution in [3.63, 3.8) is 0 Å². The first-order chi connectivity index (χ1) is 13.4. The van der Waals surface area contributed by atoms with Crippen molar-refractivity contribution >= 4 is 33.0 Å². The van der Waals surface area contributed by atoms with Gasteiger partial charge in [0.2, 0.25) is 10.0 Å². The van der Waals surface area contributed by atoms with E-state index >= 15 is 0 Å². The molecule has 2 aromatic heterocycles. The van der Waals surface area contributed by atoms with Crippen molar-refractivity contribution in [2.75, 3.05) is 4.72 Å².